The van der Waals surface area contributed by atoms with E-state index in [0.29, 0.717) is 30.0 Å². The minimum atomic E-state index is -1.29. The van der Waals surface area contributed by atoms with E-state index in [9.17, 15) is 39.0 Å². The van der Waals surface area contributed by atoms with Crippen molar-refractivity contribution in [2.24, 2.45) is 11.8 Å². The number of ether oxygens (including phenoxy) is 3. The van der Waals surface area contributed by atoms with Crippen LogP contribution >= 0.6 is 32.9 Å². The number of rotatable bonds is 27. The molecule has 0 aliphatic carbocycles. The summed E-state index contributed by atoms with van der Waals surface area (Å²) in [6.07, 6.45) is 3.07. The van der Waals surface area contributed by atoms with Gasteiger partial charge in [0.05, 0.1) is 12.1 Å². The number of aromatic nitrogens is 2. The molecule has 0 saturated carbocycles. The minimum absolute atomic E-state index is 0.0265. The largest absolute Gasteiger partial charge is 0.508 e. The molecule has 22 heteroatoms. The van der Waals surface area contributed by atoms with Crippen LogP contribution in [0.1, 0.15) is 113 Å². The number of nitrogens with one attached hydrogen (secondary N) is 4. The molecule has 380 valence electrons. The number of hydrogen-bond donors (Lipinski definition) is 6. The van der Waals surface area contributed by atoms with Crippen LogP contribution in [0.4, 0.5) is 4.79 Å². The highest BCUT2D eigenvalue weighted by Gasteiger charge is 2.36. The van der Waals surface area contributed by atoms with Crippen LogP contribution in [0.3, 0.4) is 0 Å². The molecule has 0 spiro atoms. The van der Waals surface area contributed by atoms with Gasteiger partial charge in [-0.15, -0.1) is 11.3 Å². The number of phenols is 1. The molecule has 1 aliphatic heterocycles. The third-order valence-electron chi connectivity index (χ3n) is 11.5. The van der Waals surface area contributed by atoms with Crippen LogP contribution in [-0.4, -0.2) is 129 Å². The Hall–Kier alpha value is -5.00. The Labute approximate surface area is 416 Å². The van der Waals surface area contributed by atoms with Gasteiger partial charge in [-0.3, -0.25) is 34.3 Å². The van der Waals surface area contributed by atoms with Crippen molar-refractivity contribution in [1.29, 1.82) is 0 Å². The highest BCUT2D eigenvalue weighted by molar-refractivity contribution is 8.76. The second kappa shape index (κ2) is 29.9. The number of esters is 2. The summed E-state index contributed by atoms with van der Waals surface area (Å²) < 4.78 is 16.5. The number of likely N-dealkylation sites (tertiary alicyclic amines) is 1. The molecule has 3 heterocycles. The zero-order valence-electron chi connectivity index (χ0n) is 40.2. The Morgan fingerprint density at radius 2 is 1.78 bits per heavy atom. The van der Waals surface area contributed by atoms with Crippen LogP contribution < -0.4 is 21.5 Å². The first-order valence-electron chi connectivity index (χ1n) is 23.3. The summed E-state index contributed by atoms with van der Waals surface area (Å²) in [6.45, 7) is 9.26. The summed E-state index contributed by atoms with van der Waals surface area (Å²) in [4.78, 5) is 90.3. The predicted molar refractivity (Wildman–Crippen MR) is 263 cm³/mol. The Morgan fingerprint density at radius 3 is 2.46 bits per heavy atom. The molecule has 2 aromatic heterocycles. The van der Waals surface area contributed by atoms with Crippen molar-refractivity contribution in [3.05, 3.63) is 70.3 Å². The standard InChI is InChI=1S/C47H68N8O11S3/c1-7-13-40(58)65-29-55(46(62)41(30(3)8-2)51-44(61)37-14-10-12-22-54(37)6)23-20-38(66-32(5)56)45-50-36(28-67-45)43(60)49-34(27-33-16-18-35(57)19-17-33)26-31(4)42(59)52-53-47(63)64-24-25-68-69-39-15-9-11-21-48-39/h9,11,15-19,21,28,30-31,34,37-38,41,46,57,62H,7-8,10,12-14,20,22-27,29H2,1-6H3,(H,49,60)(H,51,61)(H,52,59)(H,53,63)/t30?,31-,34+,37?,38+,41-,46?/m0/s1. The van der Waals surface area contributed by atoms with Crippen molar-refractivity contribution in [2.75, 3.05) is 39.2 Å². The Morgan fingerprint density at radius 1 is 1.01 bits per heavy atom. The molecular weight excluding hydrogens is 949 g/mol. The van der Waals surface area contributed by atoms with Crippen LogP contribution in [0, 0.1) is 11.8 Å². The molecule has 0 radical (unpaired) electrons. The second-order valence-electron chi connectivity index (χ2n) is 17.0. The Bertz CT molecular complexity index is 2090. The van der Waals surface area contributed by atoms with Crippen LogP contribution in [0.15, 0.2) is 59.1 Å². The molecular formula is C47H68N8O11S3. The number of aromatic hydroxyl groups is 1. The first kappa shape index (κ1) is 56.6. The number of carbonyl (C=O) groups is 6. The number of nitrogens with zero attached hydrogens (tertiary/aromatic N) is 4. The molecule has 1 aromatic carbocycles. The number of likely N-dealkylation sites (N-methyl/N-ethyl adjacent to an activating group) is 1. The van der Waals surface area contributed by atoms with Crippen molar-refractivity contribution in [3.63, 3.8) is 0 Å². The Kier molecular flexibility index (Phi) is 24.5. The van der Waals surface area contributed by atoms with Crippen LogP contribution in [0.5, 0.6) is 5.75 Å². The monoisotopic (exact) mass is 1020 g/mol. The molecule has 1 saturated heterocycles. The van der Waals surface area contributed by atoms with E-state index in [4.69, 9.17) is 14.2 Å². The number of piperidine rings is 1. The van der Waals surface area contributed by atoms with Gasteiger partial charge in [0.1, 0.15) is 41.0 Å². The molecule has 0 bridgehead atoms. The van der Waals surface area contributed by atoms with E-state index in [2.05, 4.69) is 31.5 Å². The van der Waals surface area contributed by atoms with Gasteiger partial charge in [0, 0.05) is 55.6 Å². The van der Waals surface area contributed by atoms with E-state index in [1.54, 1.807) is 25.3 Å². The number of phenolic OH excluding ortho intramolecular Hbond substituents is 1. The predicted octanol–water partition coefficient (Wildman–Crippen LogP) is 5.74. The molecule has 4 amide bonds. The number of carbonyl (C=O) groups excluding carboxylic acids is 6. The maximum atomic E-state index is 13.9. The topological polar surface area (TPSA) is 251 Å². The average Bonchev–Trinajstić information content (AvgIpc) is 3.83. The van der Waals surface area contributed by atoms with Crippen molar-refractivity contribution >= 4 is 68.7 Å². The fourth-order valence-electron chi connectivity index (χ4n) is 7.46. The number of hydrazine groups is 1. The lowest BCUT2D eigenvalue weighted by molar-refractivity contribution is -0.159. The van der Waals surface area contributed by atoms with Gasteiger partial charge in [-0.1, -0.05) is 69.5 Å². The fourth-order valence-corrected chi connectivity index (χ4v) is 10.0. The van der Waals surface area contributed by atoms with Crippen LogP contribution in [-0.2, 0) is 39.8 Å². The number of pyridine rings is 1. The van der Waals surface area contributed by atoms with Crippen molar-refractivity contribution in [1.82, 2.24) is 41.3 Å². The van der Waals surface area contributed by atoms with Crippen molar-refractivity contribution in [2.45, 2.75) is 128 Å². The van der Waals surface area contributed by atoms with Gasteiger partial charge in [0.25, 0.3) is 5.91 Å². The summed E-state index contributed by atoms with van der Waals surface area (Å²) in [7, 11) is 4.82. The number of hydrogen-bond acceptors (Lipinski definition) is 18. The summed E-state index contributed by atoms with van der Waals surface area (Å²) >= 11 is 1.09. The van der Waals surface area contributed by atoms with Gasteiger partial charge in [-0.25, -0.2) is 25.1 Å². The number of aliphatic hydroxyl groups excluding tert-OH is 1. The highest BCUT2D eigenvalue weighted by atomic mass is 33.1. The van der Waals surface area contributed by atoms with Gasteiger partial charge in [-0.2, -0.15) is 0 Å². The van der Waals surface area contributed by atoms with Gasteiger partial charge in [-0.05, 0) is 92.2 Å². The lowest BCUT2D eigenvalue weighted by Gasteiger charge is -2.38. The molecule has 6 N–H and O–H groups in total. The van der Waals surface area contributed by atoms with Crippen molar-refractivity contribution in [3.8, 4) is 5.75 Å². The van der Waals surface area contributed by atoms with E-state index >= 15 is 0 Å². The lowest BCUT2D eigenvalue weighted by Crippen LogP contribution is -2.59. The van der Waals surface area contributed by atoms with E-state index in [0.717, 1.165) is 41.3 Å². The van der Waals surface area contributed by atoms with Gasteiger partial charge < -0.3 is 35.1 Å². The van der Waals surface area contributed by atoms with E-state index < -0.39 is 60.2 Å². The molecule has 7 atom stereocenters. The van der Waals surface area contributed by atoms with Crippen LogP contribution in [0.25, 0.3) is 0 Å². The third kappa shape index (κ3) is 19.7. The molecule has 19 nitrogen and oxygen atoms in total. The molecule has 1 aliphatic rings. The maximum Gasteiger partial charge on any atom is 0.426 e. The lowest BCUT2D eigenvalue weighted by atomic mass is 9.95. The average molecular weight is 1020 g/mol. The summed E-state index contributed by atoms with van der Waals surface area (Å²) in [5, 5.41) is 30.6. The zero-order chi connectivity index (χ0) is 50.3. The normalized spacial score (nSPS) is 16.5. The second-order valence-corrected chi connectivity index (χ2v) is 20.3. The highest BCUT2D eigenvalue weighted by Crippen LogP contribution is 2.29. The number of thiazole rings is 1. The number of benzene rings is 1. The van der Waals surface area contributed by atoms with E-state index in [1.807, 2.05) is 50.9 Å². The quantitative estimate of drug-likeness (QED) is 0.0133. The minimum Gasteiger partial charge on any atom is -0.508 e. The molecule has 3 aromatic rings. The molecule has 3 unspecified atom stereocenters. The van der Waals surface area contributed by atoms with E-state index in [-0.39, 0.29) is 74.9 Å². The summed E-state index contributed by atoms with van der Waals surface area (Å²) in [6, 6.07) is 10.3. The first-order chi connectivity index (χ1) is 33.1. The number of aliphatic hydroxyl groups is 1. The van der Waals surface area contributed by atoms with Crippen molar-refractivity contribution < 1.29 is 53.2 Å². The Balaban J connectivity index is 1.43. The fraction of sp³-hybridized carbons (Fsp3) is 0.574. The van der Waals surface area contributed by atoms with Gasteiger partial charge >= 0.3 is 18.0 Å². The summed E-state index contributed by atoms with van der Waals surface area (Å²) in [5.74, 6) is -2.67. The smallest absolute Gasteiger partial charge is 0.426 e. The zero-order valence-corrected chi connectivity index (χ0v) is 42.7. The SMILES string of the molecule is CCCC(=O)OCN(CC[C@@H](OC(C)=O)c1nc(C(=O)N[C@@H](Cc2ccc(O)cc2)C[C@H](C)C(=O)NNC(=O)OCCSSc2ccccn2)cs1)C(O)[C@@H](NC(=O)C1CCCCN1C)C(C)CC. The first-order valence-corrected chi connectivity index (χ1v) is 26.5. The third-order valence-corrected chi connectivity index (χ3v) is 14.7. The maximum absolute atomic E-state index is 13.9. The van der Waals surface area contributed by atoms with Gasteiger partial charge in [0.15, 0.2) is 6.10 Å². The number of amides is 4. The van der Waals surface area contributed by atoms with E-state index in [1.165, 1.54) is 50.9 Å². The van der Waals surface area contributed by atoms with Gasteiger partial charge in [0.2, 0.25) is 11.8 Å². The van der Waals surface area contributed by atoms with Crippen LogP contribution in [0.2, 0.25) is 0 Å². The molecule has 1 fully saturated rings. The molecule has 4 rings (SSSR count). The summed E-state index contributed by atoms with van der Waals surface area (Å²) in [5.41, 5.74) is 5.44. The molecule has 69 heavy (non-hydrogen) atoms.